The molecular formula is C13H17BrN2O3. The van der Waals surface area contributed by atoms with Crippen molar-refractivity contribution in [3.63, 3.8) is 0 Å². The summed E-state index contributed by atoms with van der Waals surface area (Å²) in [5.41, 5.74) is 5.76. The molecule has 0 spiro atoms. The van der Waals surface area contributed by atoms with Gasteiger partial charge >= 0.3 is 5.97 Å². The number of carbonyl (C=O) groups excluding carboxylic acids is 1. The Balaban J connectivity index is 2.62. The normalized spacial score (nSPS) is 10.2. The van der Waals surface area contributed by atoms with Gasteiger partial charge < -0.3 is 16.2 Å². The van der Waals surface area contributed by atoms with Gasteiger partial charge in [0.15, 0.2) is 0 Å². The van der Waals surface area contributed by atoms with Gasteiger partial charge in [0, 0.05) is 10.9 Å². The lowest BCUT2D eigenvalue weighted by Crippen LogP contribution is -2.14. The average molecular weight is 329 g/mol. The Labute approximate surface area is 120 Å². The maximum atomic E-state index is 11.7. The summed E-state index contributed by atoms with van der Waals surface area (Å²) in [4.78, 5) is 22.7. The first-order chi connectivity index (χ1) is 9.04. The Morgan fingerprint density at radius 1 is 1.26 bits per heavy atom. The van der Waals surface area contributed by atoms with Crippen molar-refractivity contribution in [3.8, 4) is 0 Å². The predicted octanol–water partition coefficient (Wildman–Crippen LogP) is 2.60. The standard InChI is InChI=1S/C13H17BrN2O3/c14-9-5-6-10(13(18)19)11(8-9)16-12(17)4-2-1-3-7-15/h5-6,8H,1-4,7,15H2,(H,16,17)(H,18,19). The van der Waals surface area contributed by atoms with Crippen LogP contribution >= 0.6 is 15.9 Å². The second-order valence-corrected chi connectivity index (χ2v) is 5.06. The van der Waals surface area contributed by atoms with Gasteiger partial charge in [0.2, 0.25) is 5.91 Å². The number of amides is 1. The van der Waals surface area contributed by atoms with E-state index in [4.69, 9.17) is 10.8 Å². The van der Waals surface area contributed by atoms with Crippen molar-refractivity contribution in [2.45, 2.75) is 25.7 Å². The van der Waals surface area contributed by atoms with Gasteiger partial charge in [-0.15, -0.1) is 0 Å². The summed E-state index contributed by atoms with van der Waals surface area (Å²) in [5.74, 6) is -1.25. The van der Waals surface area contributed by atoms with Crippen LogP contribution in [0.15, 0.2) is 22.7 Å². The number of anilines is 1. The molecule has 1 aromatic carbocycles. The molecular weight excluding hydrogens is 312 g/mol. The maximum Gasteiger partial charge on any atom is 0.337 e. The third-order valence-electron chi connectivity index (χ3n) is 2.59. The number of rotatable bonds is 7. The van der Waals surface area contributed by atoms with Crippen molar-refractivity contribution in [1.82, 2.24) is 0 Å². The van der Waals surface area contributed by atoms with E-state index >= 15 is 0 Å². The second kappa shape index (κ2) is 7.91. The van der Waals surface area contributed by atoms with Crippen LogP contribution in [-0.4, -0.2) is 23.5 Å². The topological polar surface area (TPSA) is 92.4 Å². The van der Waals surface area contributed by atoms with E-state index in [2.05, 4.69) is 21.2 Å². The number of carbonyl (C=O) groups is 2. The number of carboxylic acids is 1. The summed E-state index contributed by atoms with van der Waals surface area (Å²) in [6.45, 7) is 0.621. The highest BCUT2D eigenvalue weighted by Crippen LogP contribution is 2.22. The van der Waals surface area contributed by atoms with Crippen LogP contribution in [-0.2, 0) is 4.79 Å². The number of hydrogen-bond donors (Lipinski definition) is 3. The molecule has 0 bridgehead atoms. The molecule has 0 radical (unpaired) electrons. The van der Waals surface area contributed by atoms with Crippen LogP contribution in [0.25, 0.3) is 0 Å². The van der Waals surface area contributed by atoms with Crippen LogP contribution in [0.2, 0.25) is 0 Å². The molecule has 0 aliphatic rings. The molecule has 19 heavy (non-hydrogen) atoms. The summed E-state index contributed by atoms with van der Waals surface area (Å²) < 4.78 is 0.718. The number of halogens is 1. The third-order valence-corrected chi connectivity index (χ3v) is 3.09. The van der Waals surface area contributed by atoms with E-state index in [0.717, 1.165) is 23.7 Å². The Kier molecular flexibility index (Phi) is 6.52. The summed E-state index contributed by atoms with van der Waals surface area (Å²) >= 11 is 3.25. The zero-order valence-electron chi connectivity index (χ0n) is 10.5. The zero-order chi connectivity index (χ0) is 14.3. The fourth-order valence-electron chi connectivity index (χ4n) is 1.63. The van der Waals surface area contributed by atoms with Gasteiger partial charge in [-0.05, 0) is 37.6 Å². The molecule has 5 nitrogen and oxygen atoms in total. The highest BCUT2D eigenvalue weighted by atomic mass is 79.9. The zero-order valence-corrected chi connectivity index (χ0v) is 12.1. The molecule has 1 aromatic rings. The molecule has 4 N–H and O–H groups in total. The summed E-state index contributed by atoms with van der Waals surface area (Å²) in [7, 11) is 0. The van der Waals surface area contributed by atoms with E-state index in [-0.39, 0.29) is 11.5 Å². The lowest BCUT2D eigenvalue weighted by Gasteiger charge is -2.09. The molecule has 0 aliphatic carbocycles. The van der Waals surface area contributed by atoms with Gasteiger partial charge in [0.25, 0.3) is 0 Å². The van der Waals surface area contributed by atoms with Crippen molar-refractivity contribution >= 4 is 33.5 Å². The van der Waals surface area contributed by atoms with E-state index in [9.17, 15) is 9.59 Å². The lowest BCUT2D eigenvalue weighted by atomic mass is 10.1. The van der Waals surface area contributed by atoms with Crippen LogP contribution in [0.5, 0.6) is 0 Å². The van der Waals surface area contributed by atoms with Gasteiger partial charge in [0.05, 0.1) is 11.3 Å². The maximum absolute atomic E-state index is 11.7. The predicted molar refractivity (Wildman–Crippen MR) is 77.3 cm³/mol. The molecule has 1 rings (SSSR count). The lowest BCUT2D eigenvalue weighted by molar-refractivity contribution is -0.116. The van der Waals surface area contributed by atoms with Crippen LogP contribution < -0.4 is 11.1 Å². The molecule has 0 atom stereocenters. The minimum absolute atomic E-state index is 0.0820. The minimum atomic E-state index is -1.06. The molecule has 1 amide bonds. The Bertz CT molecular complexity index is 463. The first-order valence-corrected chi connectivity index (χ1v) is 6.86. The van der Waals surface area contributed by atoms with Crippen LogP contribution in [0.1, 0.15) is 36.0 Å². The molecule has 0 heterocycles. The van der Waals surface area contributed by atoms with Crippen molar-refractivity contribution in [1.29, 1.82) is 0 Å². The first kappa shape index (κ1) is 15.7. The van der Waals surface area contributed by atoms with Gasteiger partial charge in [-0.2, -0.15) is 0 Å². The Morgan fingerprint density at radius 2 is 2.00 bits per heavy atom. The van der Waals surface area contributed by atoms with Crippen LogP contribution in [0.4, 0.5) is 5.69 Å². The first-order valence-electron chi connectivity index (χ1n) is 6.07. The van der Waals surface area contributed by atoms with E-state index in [0.29, 0.717) is 18.7 Å². The highest BCUT2D eigenvalue weighted by molar-refractivity contribution is 9.10. The van der Waals surface area contributed by atoms with E-state index in [1.807, 2.05) is 0 Å². The van der Waals surface area contributed by atoms with Crippen molar-refractivity contribution < 1.29 is 14.7 Å². The fraction of sp³-hybridized carbons (Fsp3) is 0.385. The van der Waals surface area contributed by atoms with Gasteiger partial charge in [0.1, 0.15) is 0 Å². The molecule has 0 saturated heterocycles. The Morgan fingerprint density at radius 3 is 2.63 bits per heavy atom. The van der Waals surface area contributed by atoms with Crippen molar-refractivity contribution in [2.75, 3.05) is 11.9 Å². The minimum Gasteiger partial charge on any atom is -0.478 e. The smallest absolute Gasteiger partial charge is 0.337 e. The SMILES string of the molecule is NCCCCCC(=O)Nc1cc(Br)ccc1C(=O)O. The number of unbranched alkanes of at least 4 members (excludes halogenated alkanes) is 2. The molecule has 0 saturated carbocycles. The second-order valence-electron chi connectivity index (χ2n) is 4.14. The average Bonchev–Trinajstić information content (AvgIpc) is 2.34. The van der Waals surface area contributed by atoms with Gasteiger partial charge in [-0.25, -0.2) is 4.79 Å². The number of benzene rings is 1. The van der Waals surface area contributed by atoms with Crippen LogP contribution in [0.3, 0.4) is 0 Å². The number of nitrogens with two attached hydrogens (primary N) is 1. The molecule has 0 aromatic heterocycles. The summed E-state index contributed by atoms with van der Waals surface area (Å²) in [6, 6.07) is 4.66. The summed E-state index contributed by atoms with van der Waals surface area (Å²) in [6.07, 6.45) is 2.91. The van der Waals surface area contributed by atoms with Crippen LogP contribution in [0, 0.1) is 0 Å². The summed E-state index contributed by atoms with van der Waals surface area (Å²) in [5, 5.41) is 11.7. The van der Waals surface area contributed by atoms with Crippen molar-refractivity contribution in [2.24, 2.45) is 5.73 Å². The molecule has 0 unspecified atom stereocenters. The number of carboxylic acid groups (broad SMARTS) is 1. The molecule has 0 fully saturated rings. The van der Waals surface area contributed by atoms with Crippen molar-refractivity contribution in [3.05, 3.63) is 28.2 Å². The van der Waals surface area contributed by atoms with Gasteiger partial charge in [-0.3, -0.25) is 4.79 Å². The number of hydrogen-bond acceptors (Lipinski definition) is 3. The number of nitrogens with one attached hydrogen (secondary N) is 1. The monoisotopic (exact) mass is 328 g/mol. The quantitative estimate of drug-likeness (QED) is 0.671. The highest BCUT2D eigenvalue weighted by Gasteiger charge is 2.12. The molecule has 104 valence electrons. The third kappa shape index (κ3) is 5.40. The number of aromatic carboxylic acids is 1. The van der Waals surface area contributed by atoms with E-state index in [1.54, 1.807) is 12.1 Å². The van der Waals surface area contributed by atoms with Gasteiger partial charge in [-0.1, -0.05) is 22.4 Å². The Hall–Kier alpha value is -1.40. The largest absolute Gasteiger partial charge is 0.478 e. The molecule has 0 aliphatic heterocycles. The van der Waals surface area contributed by atoms with E-state index < -0.39 is 5.97 Å². The van der Waals surface area contributed by atoms with E-state index in [1.165, 1.54) is 6.07 Å². The fourth-order valence-corrected chi connectivity index (χ4v) is 1.99. The molecule has 6 heteroatoms.